The van der Waals surface area contributed by atoms with Crippen molar-refractivity contribution in [2.75, 3.05) is 31.5 Å². The summed E-state index contributed by atoms with van der Waals surface area (Å²) in [6, 6.07) is 7.40. The number of quaternary nitrogens is 1. The van der Waals surface area contributed by atoms with Gasteiger partial charge in [-0.2, -0.15) is 8.42 Å². The van der Waals surface area contributed by atoms with Gasteiger partial charge in [0.1, 0.15) is 20.7 Å². The number of carboxylic acid groups (broad SMARTS) is 1. The molecule has 240 valence electrons. The van der Waals surface area contributed by atoms with Gasteiger partial charge in [0.15, 0.2) is 0 Å². The molecule has 44 heavy (non-hydrogen) atoms. The summed E-state index contributed by atoms with van der Waals surface area (Å²) in [6.45, 7) is 10.7. The number of aliphatic carboxylic acids is 1. The second-order valence-corrected chi connectivity index (χ2v) is 13.7. The van der Waals surface area contributed by atoms with E-state index in [9.17, 15) is 35.5 Å². The highest BCUT2D eigenvalue weighted by atomic mass is 32.2. The predicted molar refractivity (Wildman–Crippen MR) is 166 cm³/mol. The van der Waals surface area contributed by atoms with Gasteiger partial charge in [-0.3, -0.25) is 9.35 Å². The Kier molecular flexibility index (Phi) is 12.0. The molecule has 4 N–H and O–H groups in total. The number of benzene rings is 2. The monoisotopic (exact) mass is 669 g/mol. The van der Waals surface area contributed by atoms with Gasteiger partial charge >= 0.3 is 11.6 Å². The first-order valence-corrected chi connectivity index (χ1v) is 17.6. The molecule has 2 heterocycles. The molecular formula is C28H35N3O10S3. The summed E-state index contributed by atoms with van der Waals surface area (Å²) in [7, 11) is -9.37. The van der Waals surface area contributed by atoms with Gasteiger partial charge in [0, 0.05) is 24.4 Å². The number of thiazole rings is 1. The van der Waals surface area contributed by atoms with Crippen LogP contribution in [-0.2, 0) is 25.0 Å². The number of hydrogen-bond donors (Lipinski definition) is 4. The molecular weight excluding hydrogens is 635 g/mol. The molecule has 0 unspecified atom stereocenters. The zero-order valence-electron chi connectivity index (χ0n) is 24.5. The van der Waals surface area contributed by atoms with Crippen LogP contribution in [0, 0.1) is 0 Å². The summed E-state index contributed by atoms with van der Waals surface area (Å²) in [4.78, 5) is 28.3. The second-order valence-electron chi connectivity index (χ2n) is 9.85. The van der Waals surface area contributed by atoms with Gasteiger partial charge in [0.2, 0.25) is 0 Å². The maximum Gasteiger partial charge on any atom is 0.346 e. The number of unbranched alkanes of at least 4 members (excludes halogenated alkanes) is 2. The van der Waals surface area contributed by atoms with Gasteiger partial charge in [0.25, 0.3) is 10.1 Å². The van der Waals surface area contributed by atoms with Crippen LogP contribution in [0.15, 0.2) is 55.4 Å². The molecule has 0 amide bonds. The van der Waals surface area contributed by atoms with E-state index >= 15 is 0 Å². The highest BCUT2D eigenvalue weighted by molar-refractivity contribution is 7.86. The number of nitrogens with zero attached hydrogens (tertiary/aromatic N) is 1. The fourth-order valence-corrected chi connectivity index (χ4v) is 6.50. The average molecular weight is 670 g/mol. The van der Waals surface area contributed by atoms with Crippen LogP contribution in [0.1, 0.15) is 46.5 Å². The van der Waals surface area contributed by atoms with Crippen molar-refractivity contribution in [1.29, 1.82) is 0 Å². The van der Waals surface area contributed by atoms with Crippen molar-refractivity contribution >= 4 is 64.4 Å². The van der Waals surface area contributed by atoms with Crippen LogP contribution in [0.2, 0.25) is 0 Å². The van der Waals surface area contributed by atoms with Crippen molar-refractivity contribution in [2.45, 2.75) is 56.2 Å². The molecule has 0 fully saturated rings. The van der Waals surface area contributed by atoms with Crippen LogP contribution in [0.25, 0.3) is 31.8 Å². The first-order valence-electron chi connectivity index (χ1n) is 13.9. The third-order valence-electron chi connectivity index (χ3n) is 6.87. The number of carbonyl (C=O) groups is 1. The van der Waals surface area contributed by atoms with E-state index < -0.39 is 36.7 Å². The van der Waals surface area contributed by atoms with Crippen LogP contribution in [0.4, 0.5) is 5.69 Å². The molecule has 4 rings (SSSR count). The van der Waals surface area contributed by atoms with Gasteiger partial charge in [0.05, 0.1) is 50.9 Å². The number of fused-ring (bicyclic) bond motifs is 2. The van der Waals surface area contributed by atoms with E-state index in [1.54, 1.807) is 4.90 Å². The Hall–Kier alpha value is -3.41. The molecule has 0 spiro atoms. The minimum atomic E-state index is -4.91. The normalized spacial score (nSPS) is 12.0. The molecule has 16 heteroatoms. The smallest absolute Gasteiger partial charge is 0.346 e. The fourth-order valence-electron chi connectivity index (χ4n) is 4.37. The molecule has 2 aromatic heterocycles. The second kappa shape index (κ2) is 15.0. The summed E-state index contributed by atoms with van der Waals surface area (Å²) in [6.07, 6.45) is 1.55. The van der Waals surface area contributed by atoms with Crippen LogP contribution >= 0.6 is 11.3 Å². The standard InChI is InChI=1S/C22H20N2O10S3.C6H15N/c25-20(26)4-2-1-3-7-23-16-11-17-12(9-19(16)37(31,32)33)8-14(22(27)34-17)21-24-15-10-13(36(28,29)30)5-6-18(15)35-21;1-4-7(5-2)6-3/h5-6,8-11,23H,1-4,7H2,(H,25,26)(H,28,29,30)(H,31,32,33);4-6H2,1-3H3. The highest BCUT2D eigenvalue weighted by Gasteiger charge is 2.18. The van der Waals surface area contributed by atoms with E-state index in [4.69, 9.17) is 9.52 Å². The number of aromatic nitrogens is 1. The number of carboxylic acids is 1. The summed E-state index contributed by atoms with van der Waals surface area (Å²) in [5, 5.41) is 11.8. The number of anilines is 1. The van der Waals surface area contributed by atoms with Crippen LogP contribution in [-0.4, -0.2) is 68.2 Å². The average Bonchev–Trinajstić information content (AvgIpc) is 3.37. The fraction of sp³-hybridized carbons (Fsp3) is 0.393. The topological polar surface area (TPSA) is 208 Å². The van der Waals surface area contributed by atoms with Crippen LogP contribution < -0.4 is 15.8 Å². The summed E-state index contributed by atoms with van der Waals surface area (Å²) >= 11 is 1.05. The Labute approximate surface area is 259 Å². The number of hydrogen-bond acceptors (Lipinski definition) is 11. The first kappa shape index (κ1) is 35.1. The molecule has 0 radical (unpaired) electrons. The molecule has 0 bridgehead atoms. The van der Waals surface area contributed by atoms with E-state index in [2.05, 4.69) is 31.1 Å². The van der Waals surface area contributed by atoms with Crippen molar-refractivity contribution in [1.82, 2.24) is 4.98 Å². The van der Waals surface area contributed by atoms with Crippen molar-refractivity contribution in [3.05, 3.63) is 46.8 Å². The van der Waals surface area contributed by atoms with E-state index in [0.717, 1.165) is 23.5 Å². The highest BCUT2D eigenvalue weighted by Crippen LogP contribution is 2.33. The molecule has 0 saturated carbocycles. The summed E-state index contributed by atoms with van der Waals surface area (Å²) in [5.41, 5.74) is -0.645. The molecule has 13 nitrogen and oxygen atoms in total. The van der Waals surface area contributed by atoms with Gasteiger partial charge in [-0.1, -0.05) is 6.42 Å². The Morgan fingerprint density at radius 1 is 1.02 bits per heavy atom. The lowest BCUT2D eigenvalue weighted by atomic mass is 10.1. The number of nitrogens with one attached hydrogen (secondary N) is 2. The van der Waals surface area contributed by atoms with E-state index in [0.29, 0.717) is 24.0 Å². The zero-order valence-corrected chi connectivity index (χ0v) is 26.9. The third kappa shape index (κ3) is 9.30. The SMILES string of the molecule is CC[NH+](CC)CC.O=C(O)CCCCCNc1cc2oc(=O)c(-c3nc4cc(S(=O)(=O)O)ccc4s3)cc2cc1S(=O)(=O)[O-]. The lowest BCUT2D eigenvalue weighted by molar-refractivity contribution is -0.894. The molecule has 2 aromatic carbocycles. The quantitative estimate of drug-likeness (QED) is 0.0919. The Morgan fingerprint density at radius 2 is 1.70 bits per heavy atom. The van der Waals surface area contributed by atoms with E-state index in [1.165, 1.54) is 43.9 Å². The van der Waals surface area contributed by atoms with E-state index in [-0.39, 0.29) is 50.6 Å². The maximum atomic E-state index is 12.7. The van der Waals surface area contributed by atoms with Crippen molar-refractivity contribution in [3.63, 3.8) is 0 Å². The lowest BCUT2D eigenvalue weighted by Crippen LogP contribution is -3.11. The molecule has 0 aliphatic carbocycles. The maximum absolute atomic E-state index is 12.7. The Balaban J connectivity index is 0.000000676. The van der Waals surface area contributed by atoms with Crippen LogP contribution in [0.5, 0.6) is 0 Å². The predicted octanol–water partition coefficient (Wildman–Crippen LogP) is 3.21. The first-order chi connectivity index (χ1) is 20.7. The molecule has 0 aliphatic rings. The van der Waals surface area contributed by atoms with Crippen molar-refractivity contribution in [3.8, 4) is 10.6 Å². The Morgan fingerprint density at radius 3 is 2.27 bits per heavy atom. The molecule has 0 saturated heterocycles. The minimum Gasteiger partial charge on any atom is -0.744 e. The lowest BCUT2D eigenvalue weighted by Gasteiger charge is -2.16. The zero-order chi connectivity index (χ0) is 32.7. The van der Waals surface area contributed by atoms with Crippen molar-refractivity contribution < 1.29 is 45.2 Å². The van der Waals surface area contributed by atoms with E-state index in [1.807, 2.05) is 0 Å². The molecule has 0 aliphatic heterocycles. The van der Waals surface area contributed by atoms with Gasteiger partial charge in [-0.25, -0.2) is 18.2 Å². The van der Waals surface area contributed by atoms with Crippen molar-refractivity contribution in [2.24, 2.45) is 0 Å². The van der Waals surface area contributed by atoms with Crippen LogP contribution in [0.3, 0.4) is 0 Å². The third-order valence-corrected chi connectivity index (χ3v) is 9.67. The van der Waals surface area contributed by atoms with Gasteiger partial charge < -0.3 is 24.3 Å². The summed E-state index contributed by atoms with van der Waals surface area (Å²) in [5.74, 6) is -0.912. The molecule has 4 aromatic rings. The molecule has 0 atom stereocenters. The Bertz CT molecular complexity index is 1890. The van der Waals surface area contributed by atoms with Gasteiger partial charge in [-0.15, -0.1) is 11.3 Å². The summed E-state index contributed by atoms with van der Waals surface area (Å²) < 4.78 is 73.7. The van der Waals surface area contributed by atoms with Gasteiger partial charge in [-0.05, 0) is 63.9 Å². The number of rotatable bonds is 13. The largest absolute Gasteiger partial charge is 0.744 e. The minimum absolute atomic E-state index is 0.0139.